The largest absolute Gasteiger partial charge is 0.452 e. The molecule has 1 aromatic carbocycles. The highest BCUT2D eigenvalue weighted by Crippen LogP contribution is 2.10. The van der Waals surface area contributed by atoms with Gasteiger partial charge in [0.05, 0.1) is 0 Å². The Labute approximate surface area is 137 Å². The fourth-order valence-electron chi connectivity index (χ4n) is 1.80. The third-order valence-electron chi connectivity index (χ3n) is 3.06. The number of hydrogen-bond donors (Lipinski definition) is 0. The highest BCUT2D eigenvalue weighted by atomic mass is 32.1. The number of carbonyl (C=O) groups excluding carboxylic acids is 2. The molecule has 0 aliphatic heterocycles. The molecule has 1 amide bonds. The molecule has 0 N–H and O–H groups in total. The van der Waals surface area contributed by atoms with E-state index in [-0.39, 0.29) is 19.0 Å². The summed E-state index contributed by atoms with van der Waals surface area (Å²) >= 11 is 1.49. The number of likely N-dealkylation sites (N-methyl/N-ethyl adjacent to an activating group) is 1. The SMILES string of the molecule is CN(Cc1ccccc1F)C(=O)COC(=O)/C=C/c1cccs1. The molecule has 6 heteroatoms. The Kier molecular flexibility index (Phi) is 6.05. The first-order chi connectivity index (χ1) is 11.1. The third-order valence-corrected chi connectivity index (χ3v) is 3.89. The van der Waals surface area contributed by atoms with Crippen molar-refractivity contribution in [2.45, 2.75) is 6.54 Å². The molecular formula is C17H16FNO3S. The quantitative estimate of drug-likeness (QED) is 0.603. The fourth-order valence-corrected chi connectivity index (χ4v) is 2.42. The lowest BCUT2D eigenvalue weighted by Crippen LogP contribution is -2.30. The number of amides is 1. The molecule has 0 aliphatic rings. The second-order valence-electron chi connectivity index (χ2n) is 4.80. The summed E-state index contributed by atoms with van der Waals surface area (Å²) in [6.45, 7) is -0.257. The van der Waals surface area contributed by atoms with Gasteiger partial charge in [-0.25, -0.2) is 9.18 Å². The van der Waals surface area contributed by atoms with E-state index in [1.807, 2.05) is 17.5 Å². The molecule has 120 valence electrons. The summed E-state index contributed by atoms with van der Waals surface area (Å²) < 4.78 is 18.4. The number of hydrogen-bond acceptors (Lipinski definition) is 4. The molecule has 0 unspecified atom stereocenters. The molecule has 1 aromatic heterocycles. The predicted octanol–water partition coefficient (Wildman–Crippen LogP) is 3.10. The van der Waals surface area contributed by atoms with Crippen LogP contribution in [0, 0.1) is 5.82 Å². The second kappa shape index (κ2) is 8.24. The van der Waals surface area contributed by atoms with Crippen molar-refractivity contribution >= 4 is 29.3 Å². The smallest absolute Gasteiger partial charge is 0.331 e. The third kappa shape index (κ3) is 5.34. The highest BCUT2D eigenvalue weighted by Gasteiger charge is 2.13. The molecule has 0 radical (unpaired) electrons. The maximum Gasteiger partial charge on any atom is 0.331 e. The molecule has 0 aliphatic carbocycles. The van der Waals surface area contributed by atoms with Gasteiger partial charge < -0.3 is 9.64 Å². The highest BCUT2D eigenvalue weighted by molar-refractivity contribution is 7.10. The van der Waals surface area contributed by atoms with Crippen molar-refractivity contribution in [3.8, 4) is 0 Å². The second-order valence-corrected chi connectivity index (χ2v) is 5.78. The van der Waals surface area contributed by atoms with E-state index < -0.39 is 11.9 Å². The number of ether oxygens (including phenoxy) is 1. The summed E-state index contributed by atoms with van der Waals surface area (Å²) in [4.78, 5) is 25.7. The number of carbonyl (C=O) groups is 2. The van der Waals surface area contributed by atoms with Crippen LogP contribution in [0.15, 0.2) is 47.9 Å². The minimum Gasteiger partial charge on any atom is -0.452 e. The van der Waals surface area contributed by atoms with Crippen LogP contribution in [0.3, 0.4) is 0 Å². The summed E-state index contributed by atoms with van der Waals surface area (Å²) in [6, 6.07) is 9.96. The fraction of sp³-hybridized carbons (Fsp3) is 0.176. The van der Waals surface area contributed by atoms with Gasteiger partial charge in [0.15, 0.2) is 6.61 Å². The number of benzene rings is 1. The van der Waals surface area contributed by atoms with Crippen molar-refractivity contribution in [1.82, 2.24) is 4.90 Å². The van der Waals surface area contributed by atoms with Crippen molar-refractivity contribution in [2.75, 3.05) is 13.7 Å². The zero-order valence-electron chi connectivity index (χ0n) is 12.6. The molecule has 0 atom stereocenters. The molecule has 0 saturated heterocycles. The van der Waals surface area contributed by atoms with Crippen LogP contribution in [0.25, 0.3) is 6.08 Å². The number of rotatable bonds is 6. The zero-order valence-corrected chi connectivity index (χ0v) is 13.4. The van der Waals surface area contributed by atoms with Crippen molar-refractivity contribution in [1.29, 1.82) is 0 Å². The van der Waals surface area contributed by atoms with Gasteiger partial charge in [-0.1, -0.05) is 24.3 Å². The Morgan fingerprint density at radius 1 is 1.26 bits per heavy atom. The lowest BCUT2D eigenvalue weighted by Gasteiger charge is -2.17. The summed E-state index contributed by atoms with van der Waals surface area (Å²) in [5, 5.41) is 1.90. The Balaban J connectivity index is 1.79. The molecule has 4 nitrogen and oxygen atoms in total. The van der Waals surface area contributed by atoms with Gasteiger partial charge in [0, 0.05) is 30.1 Å². The first-order valence-corrected chi connectivity index (χ1v) is 7.80. The van der Waals surface area contributed by atoms with E-state index in [1.54, 1.807) is 24.3 Å². The summed E-state index contributed by atoms with van der Waals surface area (Å²) in [5.74, 6) is -1.36. The van der Waals surface area contributed by atoms with Crippen molar-refractivity contribution < 1.29 is 18.7 Å². The van der Waals surface area contributed by atoms with Gasteiger partial charge in [-0.15, -0.1) is 11.3 Å². The van der Waals surface area contributed by atoms with Crippen molar-refractivity contribution in [3.63, 3.8) is 0 Å². The summed E-state index contributed by atoms with van der Waals surface area (Å²) in [6.07, 6.45) is 2.90. The van der Waals surface area contributed by atoms with Gasteiger partial charge in [0.2, 0.25) is 0 Å². The van der Waals surface area contributed by atoms with Crippen LogP contribution in [-0.2, 0) is 20.9 Å². The lowest BCUT2D eigenvalue weighted by molar-refractivity contribution is -0.147. The average molecular weight is 333 g/mol. The molecule has 0 bridgehead atoms. The first kappa shape index (κ1) is 16.9. The van der Waals surface area contributed by atoms with Gasteiger partial charge in [0.1, 0.15) is 5.82 Å². The Bertz CT molecular complexity index is 698. The van der Waals surface area contributed by atoms with Crippen LogP contribution in [-0.4, -0.2) is 30.4 Å². The molecule has 23 heavy (non-hydrogen) atoms. The van der Waals surface area contributed by atoms with Gasteiger partial charge in [0.25, 0.3) is 5.91 Å². The molecular weight excluding hydrogens is 317 g/mol. The van der Waals surface area contributed by atoms with Crippen LogP contribution in [0.1, 0.15) is 10.4 Å². The Morgan fingerprint density at radius 3 is 2.74 bits per heavy atom. The number of nitrogens with zero attached hydrogens (tertiary/aromatic N) is 1. The lowest BCUT2D eigenvalue weighted by atomic mass is 10.2. The average Bonchev–Trinajstić information content (AvgIpc) is 3.06. The first-order valence-electron chi connectivity index (χ1n) is 6.92. The van der Waals surface area contributed by atoms with Gasteiger partial charge in [-0.3, -0.25) is 4.79 Å². The predicted molar refractivity (Wildman–Crippen MR) is 87.2 cm³/mol. The van der Waals surface area contributed by atoms with E-state index in [4.69, 9.17) is 4.74 Å². The Hall–Kier alpha value is -2.47. The van der Waals surface area contributed by atoms with Crippen LogP contribution in [0.5, 0.6) is 0 Å². The monoisotopic (exact) mass is 333 g/mol. The van der Waals surface area contributed by atoms with Gasteiger partial charge in [-0.05, 0) is 23.6 Å². The maximum atomic E-state index is 13.5. The van der Waals surface area contributed by atoms with Crippen LogP contribution < -0.4 is 0 Å². The topological polar surface area (TPSA) is 46.6 Å². The summed E-state index contributed by atoms with van der Waals surface area (Å²) in [7, 11) is 1.53. The van der Waals surface area contributed by atoms with E-state index in [9.17, 15) is 14.0 Å². The van der Waals surface area contributed by atoms with Crippen LogP contribution in [0.2, 0.25) is 0 Å². The standard InChI is InChI=1S/C17H16FNO3S/c1-19(11-13-5-2-3-7-15(13)18)16(20)12-22-17(21)9-8-14-6-4-10-23-14/h2-10H,11-12H2,1H3/b9-8+. The molecule has 2 rings (SSSR count). The van der Waals surface area contributed by atoms with Gasteiger partial charge in [-0.2, -0.15) is 0 Å². The summed E-state index contributed by atoms with van der Waals surface area (Å²) in [5.41, 5.74) is 0.410. The number of halogens is 1. The molecule has 2 aromatic rings. The molecule has 0 fully saturated rings. The van der Waals surface area contributed by atoms with Crippen molar-refractivity contribution in [3.05, 3.63) is 64.1 Å². The van der Waals surface area contributed by atoms with E-state index in [1.165, 1.54) is 35.4 Å². The van der Waals surface area contributed by atoms with E-state index in [0.29, 0.717) is 5.56 Å². The number of thiophene rings is 1. The molecule has 1 heterocycles. The number of esters is 1. The van der Waals surface area contributed by atoms with Crippen LogP contribution >= 0.6 is 11.3 Å². The minimum atomic E-state index is -0.592. The minimum absolute atomic E-state index is 0.119. The zero-order chi connectivity index (χ0) is 16.7. The van der Waals surface area contributed by atoms with Gasteiger partial charge >= 0.3 is 5.97 Å². The maximum absolute atomic E-state index is 13.5. The van der Waals surface area contributed by atoms with Crippen molar-refractivity contribution in [2.24, 2.45) is 0 Å². The molecule has 0 saturated carbocycles. The normalized spacial score (nSPS) is 10.7. The van der Waals surface area contributed by atoms with Crippen LogP contribution in [0.4, 0.5) is 4.39 Å². The van der Waals surface area contributed by atoms with E-state index in [2.05, 4.69) is 0 Å². The Morgan fingerprint density at radius 2 is 2.04 bits per heavy atom. The van der Waals surface area contributed by atoms with E-state index >= 15 is 0 Å². The van der Waals surface area contributed by atoms with E-state index in [0.717, 1.165) is 4.88 Å². The molecule has 0 spiro atoms.